The van der Waals surface area contributed by atoms with Crippen molar-refractivity contribution in [3.63, 3.8) is 0 Å². The number of ether oxygens (including phenoxy) is 1. The predicted molar refractivity (Wildman–Crippen MR) is 84.8 cm³/mol. The van der Waals surface area contributed by atoms with Gasteiger partial charge in [0.15, 0.2) is 0 Å². The number of pyridine rings is 1. The standard InChI is InChI=1S/C18H22N2O/c1-21-18-3-2-16-7-12-20(13-8-17(16)14-18)11-6-15-4-9-19-10-5-15/h2-5,9-10,14H,6-8,11-13H2,1H3. The molecule has 0 unspecified atom stereocenters. The van der Waals surface area contributed by atoms with Crippen LogP contribution in [0.15, 0.2) is 42.7 Å². The molecule has 0 atom stereocenters. The van der Waals surface area contributed by atoms with Gasteiger partial charge in [-0.3, -0.25) is 4.98 Å². The Balaban J connectivity index is 1.59. The Labute approximate surface area is 126 Å². The van der Waals surface area contributed by atoms with Crippen LogP contribution < -0.4 is 4.74 Å². The number of methoxy groups -OCH3 is 1. The van der Waals surface area contributed by atoms with Crippen molar-refractivity contribution in [3.8, 4) is 5.75 Å². The van der Waals surface area contributed by atoms with Crippen molar-refractivity contribution in [3.05, 3.63) is 59.4 Å². The second kappa shape index (κ2) is 6.72. The molecule has 0 N–H and O–H groups in total. The molecule has 21 heavy (non-hydrogen) atoms. The van der Waals surface area contributed by atoms with Crippen LogP contribution >= 0.6 is 0 Å². The zero-order valence-corrected chi connectivity index (χ0v) is 12.6. The molecule has 3 rings (SSSR count). The number of aromatic nitrogens is 1. The summed E-state index contributed by atoms with van der Waals surface area (Å²) in [5.74, 6) is 0.971. The molecule has 1 aliphatic heterocycles. The number of benzene rings is 1. The van der Waals surface area contributed by atoms with Crippen LogP contribution in [0.5, 0.6) is 5.75 Å². The van der Waals surface area contributed by atoms with E-state index in [-0.39, 0.29) is 0 Å². The van der Waals surface area contributed by atoms with Crippen molar-refractivity contribution < 1.29 is 4.74 Å². The van der Waals surface area contributed by atoms with Crippen molar-refractivity contribution >= 4 is 0 Å². The summed E-state index contributed by atoms with van der Waals surface area (Å²) in [6.07, 6.45) is 7.10. The third-order valence-electron chi connectivity index (χ3n) is 4.27. The molecule has 0 bridgehead atoms. The molecular weight excluding hydrogens is 260 g/mol. The zero-order valence-electron chi connectivity index (χ0n) is 12.6. The highest BCUT2D eigenvalue weighted by molar-refractivity contribution is 5.36. The lowest BCUT2D eigenvalue weighted by Crippen LogP contribution is -2.28. The SMILES string of the molecule is COc1ccc2c(c1)CCN(CCc1ccncc1)CC2. The van der Waals surface area contributed by atoms with Gasteiger partial charge >= 0.3 is 0 Å². The van der Waals surface area contributed by atoms with Crippen molar-refractivity contribution in [2.24, 2.45) is 0 Å². The molecular formula is C18H22N2O. The smallest absolute Gasteiger partial charge is 0.119 e. The first-order valence-electron chi connectivity index (χ1n) is 7.62. The van der Waals surface area contributed by atoms with Crippen LogP contribution in [-0.2, 0) is 19.3 Å². The molecule has 0 saturated carbocycles. The summed E-state index contributed by atoms with van der Waals surface area (Å²) >= 11 is 0. The highest BCUT2D eigenvalue weighted by Gasteiger charge is 2.14. The summed E-state index contributed by atoms with van der Waals surface area (Å²) in [4.78, 5) is 6.64. The Morgan fingerprint density at radius 3 is 2.57 bits per heavy atom. The van der Waals surface area contributed by atoms with Crippen molar-refractivity contribution in [1.82, 2.24) is 9.88 Å². The summed E-state index contributed by atoms with van der Waals surface area (Å²) in [5.41, 5.74) is 4.29. The Hall–Kier alpha value is -1.87. The van der Waals surface area contributed by atoms with E-state index in [0.29, 0.717) is 0 Å². The quantitative estimate of drug-likeness (QED) is 0.862. The molecule has 1 aliphatic rings. The van der Waals surface area contributed by atoms with Crippen LogP contribution in [0, 0.1) is 0 Å². The maximum absolute atomic E-state index is 5.33. The average molecular weight is 282 g/mol. The lowest BCUT2D eigenvalue weighted by molar-refractivity contribution is 0.291. The summed E-state index contributed by atoms with van der Waals surface area (Å²) in [6, 6.07) is 10.7. The summed E-state index contributed by atoms with van der Waals surface area (Å²) < 4.78 is 5.33. The minimum Gasteiger partial charge on any atom is -0.497 e. The third kappa shape index (κ3) is 3.61. The highest BCUT2D eigenvalue weighted by Crippen LogP contribution is 2.21. The fourth-order valence-electron chi connectivity index (χ4n) is 2.94. The summed E-state index contributed by atoms with van der Waals surface area (Å²) in [5, 5.41) is 0. The molecule has 0 radical (unpaired) electrons. The Kier molecular flexibility index (Phi) is 4.51. The molecule has 0 aliphatic carbocycles. The minimum absolute atomic E-state index is 0.971. The average Bonchev–Trinajstić information content (AvgIpc) is 2.75. The van der Waals surface area contributed by atoms with Gasteiger partial charge in [-0.2, -0.15) is 0 Å². The van der Waals surface area contributed by atoms with E-state index in [9.17, 15) is 0 Å². The van der Waals surface area contributed by atoms with Crippen LogP contribution in [0.25, 0.3) is 0 Å². The van der Waals surface area contributed by atoms with E-state index in [1.807, 2.05) is 12.4 Å². The topological polar surface area (TPSA) is 25.4 Å². The number of rotatable bonds is 4. The van der Waals surface area contributed by atoms with Gasteiger partial charge in [-0.05, 0) is 60.2 Å². The van der Waals surface area contributed by atoms with Gasteiger partial charge in [0.2, 0.25) is 0 Å². The number of fused-ring (bicyclic) bond motifs is 1. The summed E-state index contributed by atoms with van der Waals surface area (Å²) in [6.45, 7) is 3.39. The van der Waals surface area contributed by atoms with E-state index in [1.54, 1.807) is 7.11 Å². The van der Waals surface area contributed by atoms with Gasteiger partial charge < -0.3 is 9.64 Å². The Morgan fingerprint density at radius 1 is 1.05 bits per heavy atom. The van der Waals surface area contributed by atoms with Gasteiger partial charge in [-0.1, -0.05) is 6.07 Å². The molecule has 0 saturated heterocycles. The fourth-order valence-corrected chi connectivity index (χ4v) is 2.94. The maximum Gasteiger partial charge on any atom is 0.119 e. The Morgan fingerprint density at radius 2 is 1.81 bits per heavy atom. The van der Waals surface area contributed by atoms with Gasteiger partial charge in [-0.15, -0.1) is 0 Å². The first-order valence-corrected chi connectivity index (χ1v) is 7.62. The van der Waals surface area contributed by atoms with Crippen LogP contribution in [0.4, 0.5) is 0 Å². The Bertz CT molecular complexity index is 583. The van der Waals surface area contributed by atoms with E-state index in [1.165, 1.54) is 16.7 Å². The predicted octanol–water partition coefficient (Wildman–Crippen LogP) is 2.73. The van der Waals surface area contributed by atoms with Crippen molar-refractivity contribution in [2.45, 2.75) is 19.3 Å². The van der Waals surface area contributed by atoms with E-state index >= 15 is 0 Å². The first-order chi connectivity index (χ1) is 10.3. The van der Waals surface area contributed by atoms with Crippen LogP contribution in [-0.4, -0.2) is 36.6 Å². The lowest BCUT2D eigenvalue weighted by atomic mass is 10.0. The normalized spacial score (nSPS) is 15.3. The van der Waals surface area contributed by atoms with Gasteiger partial charge in [0.1, 0.15) is 5.75 Å². The number of hydrogen-bond acceptors (Lipinski definition) is 3. The monoisotopic (exact) mass is 282 g/mol. The molecule has 1 aromatic carbocycles. The van der Waals surface area contributed by atoms with Gasteiger partial charge in [-0.25, -0.2) is 0 Å². The van der Waals surface area contributed by atoms with Gasteiger partial charge in [0.05, 0.1) is 7.11 Å². The first kappa shape index (κ1) is 14.1. The molecule has 0 spiro atoms. The second-order valence-corrected chi connectivity index (χ2v) is 5.58. The fraction of sp³-hybridized carbons (Fsp3) is 0.389. The second-order valence-electron chi connectivity index (χ2n) is 5.58. The van der Waals surface area contributed by atoms with Crippen molar-refractivity contribution in [2.75, 3.05) is 26.7 Å². The van der Waals surface area contributed by atoms with E-state index in [2.05, 4.69) is 40.2 Å². The van der Waals surface area contributed by atoms with Crippen LogP contribution in [0.3, 0.4) is 0 Å². The zero-order chi connectivity index (χ0) is 14.5. The molecule has 2 aromatic rings. The van der Waals surface area contributed by atoms with E-state index in [0.717, 1.165) is 44.6 Å². The van der Waals surface area contributed by atoms with Crippen molar-refractivity contribution in [1.29, 1.82) is 0 Å². The molecule has 1 aromatic heterocycles. The van der Waals surface area contributed by atoms with Gasteiger partial charge in [0, 0.05) is 32.0 Å². The van der Waals surface area contributed by atoms with Crippen LogP contribution in [0.2, 0.25) is 0 Å². The molecule has 110 valence electrons. The molecule has 0 amide bonds. The molecule has 2 heterocycles. The number of nitrogens with zero attached hydrogens (tertiary/aromatic N) is 2. The largest absolute Gasteiger partial charge is 0.497 e. The molecule has 3 nitrogen and oxygen atoms in total. The lowest BCUT2D eigenvalue weighted by Gasteiger charge is -2.19. The minimum atomic E-state index is 0.971. The van der Waals surface area contributed by atoms with E-state index < -0.39 is 0 Å². The number of hydrogen-bond donors (Lipinski definition) is 0. The summed E-state index contributed by atoms with van der Waals surface area (Å²) in [7, 11) is 1.74. The maximum atomic E-state index is 5.33. The third-order valence-corrected chi connectivity index (χ3v) is 4.27. The van der Waals surface area contributed by atoms with Crippen LogP contribution in [0.1, 0.15) is 16.7 Å². The molecule has 0 fully saturated rings. The highest BCUT2D eigenvalue weighted by atomic mass is 16.5. The van der Waals surface area contributed by atoms with Gasteiger partial charge in [0.25, 0.3) is 0 Å². The molecule has 3 heteroatoms. The van der Waals surface area contributed by atoms with E-state index in [4.69, 9.17) is 4.74 Å².